The Morgan fingerprint density at radius 1 is 1.53 bits per heavy atom. The highest BCUT2D eigenvalue weighted by atomic mass is 16.3. The van der Waals surface area contributed by atoms with Crippen LogP contribution in [0.1, 0.15) is 25.7 Å². The summed E-state index contributed by atoms with van der Waals surface area (Å²) >= 11 is 0. The molecule has 1 heterocycles. The first-order valence-electron chi connectivity index (χ1n) is 6.26. The minimum Gasteiger partial charge on any atom is -0.396 e. The van der Waals surface area contributed by atoms with Gasteiger partial charge in [0.25, 0.3) is 0 Å². The molecular weight excluding hydrogens is 216 g/mol. The second-order valence-corrected chi connectivity index (χ2v) is 5.21. The topological polar surface area (TPSA) is 67.3 Å². The molecule has 3 N–H and O–H groups in total. The van der Waals surface area contributed by atoms with Crippen LogP contribution in [0.2, 0.25) is 0 Å². The molecule has 0 spiro atoms. The number of aliphatic hydroxyl groups is 1. The van der Waals surface area contributed by atoms with Gasteiger partial charge in [0.1, 0.15) is 0 Å². The average Bonchev–Trinajstić information content (AvgIpc) is 2.85. The lowest BCUT2D eigenvalue weighted by atomic mass is 10.0. The average molecular weight is 238 g/mol. The van der Waals surface area contributed by atoms with Gasteiger partial charge < -0.3 is 15.7 Å². The molecule has 0 radical (unpaired) electrons. The quantitative estimate of drug-likeness (QED) is 0.792. The molecule has 0 saturated heterocycles. The normalized spacial score (nSPS) is 19.0. The molecule has 0 bridgehead atoms. The van der Waals surface area contributed by atoms with Crippen LogP contribution in [0.4, 0.5) is 5.69 Å². The highest BCUT2D eigenvalue weighted by Gasteiger charge is 2.31. The van der Waals surface area contributed by atoms with E-state index in [1.54, 1.807) is 6.20 Å². The number of nitrogens with zero attached hydrogens (tertiary/aromatic N) is 3. The maximum Gasteiger partial charge on any atom is 0.0774 e. The van der Waals surface area contributed by atoms with Crippen LogP contribution < -0.4 is 5.73 Å². The van der Waals surface area contributed by atoms with Gasteiger partial charge in [-0.05, 0) is 19.9 Å². The zero-order chi connectivity index (χ0) is 12.3. The van der Waals surface area contributed by atoms with Crippen LogP contribution in [-0.2, 0) is 6.54 Å². The molecule has 2 rings (SSSR count). The molecule has 0 amide bonds. The highest BCUT2D eigenvalue weighted by Crippen LogP contribution is 2.29. The lowest BCUT2D eigenvalue weighted by Crippen LogP contribution is -2.40. The lowest BCUT2D eigenvalue weighted by Gasteiger charge is -2.28. The van der Waals surface area contributed by atoms with Gasteiger partial charge in [-0.15, -0.1) is 0 Å². The van der Waals surface area contributed by atoms with Gasteiger partial charge in [-0.2, -0.15) is 5.10 Å². The molecule has 5 heteroatoms. The molecule has 0 atom stereocenters. The lowest BCUT2D eigenvalue weighted by molar-refractivity contribution is 0.0155. The summed E-state index contributed by atoms with van der Waals surface area (Å²) < 4.78 is 1.84. The molecule has 17 heavy (non-hydrogen) atoms. The van der Waals surface area contributed by atoms with E-state index in [2.05, 4.69) is 10.00 Å². The Morgan fingerprint density at radius 2 is 2.24 bits per heavy atom. The van der Waals surface area contributed by atoms with Gasteiger partial charge in [-0.3, -0.25) is 4.68 Å². The van der Waals surface area contributed by atoms with Crippen LogP contribution in [0.25, 0.3) is 0 Å². The van der Waals surface area contributed by atoms with Crippen LogP contribution in [0.5, 0.6) is 0 Å². The Bertz CT molecular complexity index is 357. The van der Waals surface area contributed by atoms with E-state index < -0.39 is 5.60 Å². The summed E-state index contributed by atoms with van der Waals surface area (Å²) in [6.45, 7) is 2.44. The van der Waals surface area contributed by atoms with Gasteiger partial charge in [0.2, 0.25) is 0 Å². The second kappa shape index (κ2) is 5.06. The predicted octanol–water partition coefficient (Wildman–Crippen LogP) is 0.702. The number of anilines is 1. The minimum absolute atomic E-state index is 0.460. The number of likely N-dealkylation sites (N-methyl/N-ethyl adjacent to an activating group) is 1. The SMILES string of the molecule is CN(CCn1cc(N)cn1)CC1(O)CCCC1. The highest BCUT2D eigenvalue weighted by molar-refractivity contribution is 5.30. The van der Waals surface area contributed by atoms with Gasteiger partial charge >= 0.3 is 0 Å². The third-order valence-electron chi connectivity index (χ3n) is 3.46. The van der Waals surface area contributed by atoms with Crippen molar-refractivity contribution in [3.63, 3.8) is 0 Å². The molecule has 1 aromatic heterocycles. The van der Waals surface area contributed by atoms with Gasteiger partial charge in [0.05, 0.1) is 24.0 Å². The molecule has 1 saturated carbocycles. The third kappa shape index (κ3) is 3.44. The fourth-order valence-electron chi connectivity index (χ4n) is 2.55. The standard InChI is InChI=1S/C12H22N4O/c1-15(10-12(17)4-2-3-5-12)6-7-16-9-11(13)8-14-16/h8-9,17H,2-7,10,13H2,1H3. The summed E-state index contributed by atoms with van der Waals surface area (Å²) in [6.07, 6.45) is 7.67. The Labute approximate surface area is 102 Å². The molecule has 1 aliphatic carbocycles. The predicted molar refractivity (Wildman–Crippen MR) is 67.6 cm³/mol. The summed E-state index contributed by atoms with van der Waals surface area (Å²) in [5.74, 6) is 0. The zero-order valence-corrected chi connectivity index (χ0v) is 10.5. The Morgan fingerprint density at radius 3 is 2.82 bits per heavy atom. The van der Waals surface area contributed by atoms with Crippen molar-refractivity contribution in [3.8, 4) is 0 Å². The first-order chi connectivity index (χ1) is 8.07. The molecule has 0 aliphatic heterocycles. The van der Waals surface area contributed by atoms with Gasteiger partial charge in [0, 0.05) is 19.3 Å². The number of hydrogen-bond donors (Lipinski definition) is 2. The molecule has 96 valence electrons. The molecule has 5 nitrogen and oxygen atoms in total. The second-order valence-electron chi connectivity index (χ2n) is 5.21. The van der Waals surface area contributed by atoms with E-state index in [0.29, 0.717) is 5.69 Å². The van der Waals surface area contributed by atoms with Crippen molar-refractivity contribution >= 4 is 5.69 Å². The maximum atomic E-state index is 10.3. The number of nitrogen functional groups attached to an aromatic ring is 1. The summed E-state index contributed by atoms with van der Waals surface area (Å²) in [5.41, 5.74) is 5.84. The summed E-state index contributed by atoms with van der Waals surface area (Å²) in [7, 11) is 2.04. The van der Waals surface area contributed by atoms with E-state index >= 15 is 0 Å². The van der Waals surface area contributed by atoms with Crippen molar-refractivity contribution < 1.29 is 5.11 Å². The monoisotopic (exact) mass is 238 g/mol. The maximum absolute atomic E-state index is 10.3. The summed E-state index contributed by atoms with van der Waals surface area (Å²) in [6, 6.07) is 0. The Hall–Kier alpha value is -1.07. The largest absolute Gasteiger partial charge is 0.396 e. The van der Waals surface area contributed by atoms with E-state index in [4.69, 9.17) is 5.73 Å². The van der Waals surface area contributed by atoms with Crippen molar-refractivity contribution in [1.82, 2.24) is 14.7 Å². The van der Waals surface area contributed by atoms with Crippen LogP contribution in [0, 0.1) is 0 Å². The van der Waals surface area contributed by atoms with Crippen LogP contribution in [-0.4, -0.2) is 45.5 Å². The molecular formula is C12H22N4O. The van der Waals surface area contributed by atoms with Crippen molar-refractivity contribution in [1.29, 1.82) is 0 Å². The van der Waals surface area contributed by atoms with Crippen LogP contribution >= 0.6 is 0 Å². The fraction of sp³-hybridized carbons (Fsp3) is 0.750. The zero-order valence-electron chi connectivity index (χ0n) is 10.5. The number of hydrogen-bond acceptors (Lipinski definition) is 4. The Balaban J connectivity index is 1.75. The molecule has 0 aromatic carbocycles. The van der Waals surface area contributed by atoms with E-state index in [9.17, 15) is 5.11 Å². The number of rotatable bonds is 5. The minimum atomic E-state index is -0.460. The van der Waals surface area contributed by atoms with Crippen LogP contribution in [0.3, 0.4) is 0 Å². The number of nitrogens with two attached hydrogens (primary N) is 1. The fourth-order valence-corrected chi connectivity index (χ4v) is 2.55. The Kier molecular flexibility index (Phi) is 3.69. The first kappa shape index (κ1) is 12.4. The van der Waals surface area contributed by atoms with Gasteiger partial charge in [-0.1, -0.05) is 12.8 Å². The molecule has 1 aromatic rings. The van der Waals surface area contributed by atoms with Crippen molar-refractivity contribution in [2.24, 2.45) is 0 Å². The van der Waals surface area contributed by atoms with Gasteiger partial charge in [-0.25, -0.2) is 0 Å². The molecule has 1 aliphatic rings. The van der Waals surface area contributed by atoms with Crippen molar-refractivity contribution in [2.45, 2.75) is 37.8 Å². The molecule has 1 fully saturated rings. The van der Waals surface area contributed by atoms with E-state index in [0.717, 1.165) is 45.3 Å². The van der Waals surface area contributed by atoms with E-state index in [1.807, 2.05) is 17.9 Å². The van der Waals surface area contributed by atoms with Crippen molar-refractivity contribution in [2.75, 3.05) is 25.9 Å². The molecule has 0 unspecified atom stereocenters. The van der Waals surface area contributed by atoms with Crippen LogP contribution in [0.15, 0.2) is 12.4 Å². The van der Waals surface area contributed by atoms with E-state index in [1.165, 1.54) is 0 Å². The van der Waals surface area contributed by atoms with Gasteiger partial charge in [0.15, 0.2) is 0 Å². The smallest absolute Gasteiger partial charge is 0.0774 e. The first-order valence-corrected chi connectivity index (χ1v) is 6.26. The third-order valence-corrected chi connectivity index (χ3v) is 3.46. The summed E-state index contributed by atoms with van der Waals surface area (Å²) in [5, 5.41) is 14.4. The van der Waals surface area contributed by atoms with E-state index in [-0.39, 0.29) is 0 Å². The van der Waals surface area contributed by atoms with Crippen molar-refractivity contribution in [3.05, 3.63) is 12.4 Å². The number of aromatic nitrogens is 2. The summed E-state index contributed by atoms with van der Waals surface area (Å²) in [4.78, 5) is 2.17.